The lowest BCUT2D eigenvalue weighted by molar-refractivity contribution is 0.0302. The lowest BCUT2D eigenvalue weighted by Crippen LogP contribution is -2.44. The molecule has 0 aromatic heterocycles. The van der Waals surface area contributed by atoms with Crippen molar-refractivity contribution in [1.82, 2.24) is 9.80 Å². The maximum Gasteiger partial charge on any atom is 0.0714 e. The van der Waals surface area contributed by atoms with E-state index in [1.165, 1.54) is 32.5 Å². The van der Waals surface area contributed by atoms with E-state index >= 15 is 0 Å². The van der Waals surface area contributed by atoms with Crippen LogP contribution in [0.2, 0.25) is 0 Å². The third kappa shape index (κ3) is 2.69. The first-order chi connectivity index (χ1) is 6.74. The molecule has 2 aliphatic rings. The van der Waals surface area contributed by atoms with Crippen LogP contribution in [0.3, 0.4) is 0 Å². The molecule has 0 aromatic carbocycles. The van der Waals surface area contributed by atoms with Crippen LogP contribution < -0.4 is 0 Å². The Balaban J connectivity index is 1.51. The molecule has 3 nitrogen and oxygen atoms in total. The fourth-order valence-corrected chi connectivity index (χ4v) is 2.44. The molecule has 0 bridgehead atoms. The van der Waals surface area contributed by atoms with Crippen LogP contribution in [0, 0.1) is 5.92 Å². The standard InChI is InChI=1S/C11H22N2O/c1-12-5-3-11(9-12)14-6-4-10-7-13(2)8-10/h10-11H,3-9H2,1-2H3. The Labute approximate surface area is 87.0 Å². The molecule has 2 heterocycles. The van der Waals surface area contributed by atoms with Gasteiger partial charge in [-0.1, -0.05) is 0 Å². The van der Waals surface area contributed by atoms with Gasteiger partial charge in [-0.2, -0.15) is 0 Å². The van der Waals surface area contributed by atoms with Crippen LogP contribution in [0.15, 0.2) is 0 Å². The molecule has 3 heteroatoms. The van der Waals surface area contributed by atoms with Crippen molar-refractivity contribution in [1.29, 1.82) is 0 Å². The molecule has 2 saturated heterocycles. The van der Waals surface area contributed by atoms with Crippen LogP contribution in [-0.4, -0.2) is 62.8 Å². The highest BCUT2D eigenvalue weighted by molar-refractivity contribution is 4.77. The molecule has 1 unspecified atom stereocenters. The van der Waals surface area contributed by atoms with Crippen LogP contribution in [-0.2, 0) is 4.74 Å². The van der Waals surface area contributed by atoms with Gasteiger partial charge in [0.15, 0.2) is 0 Å². The average molecular weight is 198 g/mol. The van der Waals surface area contributed by atoms with Crippen molar-refractivity contribution in [3.8, 4) is 0 Å². The quantitative estimate of drug-likeness (QED) is 0.660. The summed E-state index contributed by atoms with van der Waals surface area (Å²) in [5.74, 6) is 0.902. The second kappa shape index (κ2) is 4.60. The van der Waals surface area contributed by atoms with Crippen LogP contribution in [0.5, 0.6) is 0 Å². The lowest BCUT2D eigenvalue weighted by atomic mass is 9.98. The summed E-state index contributed by atoms with van der Waals surface area (Å²) in [7, 11) is 4.35. The normalized spacial score (nSPS) is 30.9. The van der Waals surface area contributed by atoms with Gasteiger partial charge in [0.1, 0.15) is 0 Å². The van der Waals surface area contributed by atoms with Gasteiger partial charge in [-0.3, -0.25) is 0 Å². The SMILES string of the molecule is CN1CC(CCOC2CCN(C)C2)C1. The van der Waals surface area contributed by atoms with Crippen LogP contribution in [0.25, 0.3) is 0 Å². The van der Waals surface area contributed by atoms with Gasteiger partial charge in [0, 0.05) is 32.8 Å². The predicted octanol–water partition coefficient (Wildman–Crippen LogP) is 0.659. The van der Waals surface area contributed by atoms with E-state index in [2.05, 4.69) is 23.9 Å². The van der Waals surface area contributed by atoms with Gasteiger partial charge < -0.3 is 14.5 Å². The smallest absolute Gasteiger partial charge is 0.0714 e. The van der Waals surface area contributed by atoms with Gasteiger partial charge in [0.2, 0.25) is 0 Å². The highest BCUT2D eigenvalue weighted by atomic mass is 16.5. The Morgan fingerprint density at radius 1 is 1.14 bits per heavy atom. The molecule has 0 radical (unpaired) electrons. The zero-order valence-electron chi connectivity index (χ0n) is 9.41. The Morgan fingerprint density at radius 2 is 1.93 bits per heavy atom. The summed E-state index contributed by atoms with van der Waals surface area (Å²) < 4.78 is 5.85. The number of hydrogen-bond donors (Lipinski definition) is 0. The van der Waals surface area contributed by atoms with Crippen LogP contribution >= 0.6 is 0 Å². The van der Waals surface area contributed by atoms with E-state index in [-0.39, 0.29) is 0 Å². The van der Waals surface area contributed by atoms with Crippen molar-refractivity contribution >= 4 is 0 Å². The van der Waals surface area contributed by atoms with E-state index in [0.29, 0.717) is 6.10 Å². The second-order valence-electron chi connectivity index (χ2n) is 4.92. The van der Waals surface area contributed by atoms with Gasteiger partial charge in [-0.05, 0) is 32.9 Å². The number of ether oxygens (including phenoxy) is 1. The highest BCUT2D eigenvalue weighted by Gasteiger charge is 2.24. The Hall–Kier alpha value is -0.120. The summed E-state index contributed by atoms with van der Waals surface area (Å²) in [6.07, 6.45) is 2.99. The molecule has 2 fully saturated rings. The third-order valence-corrected chi connectivity index (χ3v) is 3.37. The number of hydrogen-bond acceptors (Lipinski definition) is 3. The van der Waals surface area contributed by atoms with Gasteiger partial charge in [-0.15, -0.1) is 0 Å². The van der Waals surface area contributed by atoms with E-state index in [1.807, 2.05) is 0 Å². The van der Waals surface area contributed by atoms with E-state index in [4.69, 9.17) is 4.74 Å². The van der Waals surface area contributed by atoms with Gasteiger partial charge >= 0.3 is 0 Å². The minimum Gasteiger partial charge on any atom is -0.377 e. The fourth-order valence-electron chi connectivity index (χ4n) is 2.44. The minimum absolute atomic E-state index is 0.512. The van der Waals surface area contributed by atoms with Gasteiger partial charge in [-0.25, -0.2) is 0 Å². The maximum absolute atomic E-state index is 5.85. The molecule has 2 aliphatic heterocycles. The summed E-state index contributed by atoms with van der Waals surface area (Å²) in [4.78, 5) is 4.72. The molecule has 0 aromatic rings. The van der Waals surface area contributed by atoms with E-state index in [1.54, 1.807) is 0 Å². The second-order valence-corrected chi connectivity index (χ2v) is 4.92. The zero-order valence-corrected chi connectivity index (χ0v) is 9.41. The monoisotopic (exact) mass is 198 g/mol. The first kappa shape index (κ1) is 10.4. The van der Waals surface area contributed by atoms with Crippen molar-refractivity contribution in [3.05, 3.63) is 0 Å². The molecule has 0 N–H and O–H groups in total. The summed E-state index contributed by atoms with van der Waals surface area (Å²) in [6.45, 7) is 5.85. The molecule has 0 saturated carbocycles. The van der Waals surface area contributed by atoms with Crippen molar-refractivity contribution in [3.63, 3.8) is 0 Å². The van der Waals surface area contributed by atoms with Crippen LogP contribution in [0.1, 0.15) is 12.8 Å². The third-order valence-electron chi connectivity index (χ3n) is 3.37. The van der Waals surface area contributed by atoms with Crippen LogP contribution in [0.4, 0.5) is 0 Å². The molecule has 1 atom stereocenters. The molecular formula is C11H22N2O. The number of nitrogens with zero attached hydrogens (tertiary/aromatic N) is 2. The highest BCUT2D eigenvalue weighted by Crippen LogP contribution is 2.18. The Morgan fingerprint density at radius 3 is 2.50 bits per heavy atom. The van der Waals surface area contributed by atoms with Gasteiger partial charge in [0.25, 0.3) is 0 Å². The summed E-state index contributed by atoms with van der Waals surface area (Å²) in [6, 6.07) is 0. The molecule has 82 valence electrons. The number of likely N-dealkylation sites (N-methyl/N-ethyl adjacent to an activating group) is 1. The van der Waals surface area contributed by atoms with E-state index in [9.17, 15) is 0 Å². The molecule has 0 amide bonds. The first-order valence-electron chi connectivity index (χ1n) is 5.72. The minimum atomic E-state index is 0.512. The Bertz CT molecular complexity index is 180. The molecule has 14 heavy (non-hydrogen) atoms. The predicted molar refractivity (Wildman–Crippen MR) is 57.5 cm³/mol. The molecular weight excluding hydrogens is 176 g/mol. The average Bonchev–Trinajstić information content (AvgIpc) is 2.48. The lowest BCUT2D eigenvalue weighted by Gasteiger charge is -2.36. The van der Waals surface area contributed by atoms with Gasteiger partial charge in [0.05, 0.1) is 6.10 Å². The molecule has 0 aliphatic carbocycles. The summed E-state index contributed by atoms with van der Waals surface area (Å²) in [5.41, 5.74) is 0. The van der Waals surface area contributed by atoms with E-state index < -0.39 is 0 Å². The fraction of sp³-hybridized carbons (Fsp3) is 1.00. The summed E-state index contributed by atoms with van der Waals surface area (Å²) in [5, 5.41) is 0. The Kier molecular flexibility index (Phi) is 3.42. The zero-order chi connectivity index (χ0) is 9.97. The molecule has 0 spiro atoms. The topological polar surface area (TPSA) is 15.7 Å². The van der Waals surface area contributed by atoms with Crippen molar-refractivity contribution in [2.45, 2.75) is 18.9 Å². The number of likely N-dealkylation sites (tertiary alicyclic amines) is 2. The molecule has 2 rings (SSSR count). The van der Waals surface area contributed by atoms with Crippen molar-refractivity contribution < 1.29 is 4.74 Å². The van der Waals surface area contributed by atoms with Crippen molar-refractivity contribution in [2.75, 3.05) is 46.9 Å². The largest absolute Gasteiger partial charge is 0.377 e. The maximum atomic E-state index is 5.85. The first-order valence-corrected chi connectivity index (χ1v) is 5.72. The number of rotatable bonds is 4. The summed E-state index contributed by atoms with van der Waals surface area (Å²) >= 11 is 0. The van der Waals surface area contributed by atoms with E-state index in [0.717, 1.165) is 19.1 Å². The van der Waals surface area contributed by atoms with Crippen molar-refractivity contribution in [2.24, 2.45) is 5.92 Å².